The minimum atomic E-state index is -0.573. The van der Waals surface area contributed by atoms with Crippen LogP contribution in [0.1, 0.15) is 42.5 Å². The number of rotatable bonds is 7. The fourth-order valence-corrected chi connectivity index (χ4v) is 3.84. The molecule has 0 saturated carbocycles. The first-order valence-electron chi connectivity index (χ1n) is 10.8. The van der Waals surface area contributed by atoms with Gasteiger partial charge >= 0.3 is 5.97 Å². The van der Waals surface area contributed by atoms with Crippen LogP contribution in [0.2, 0.25) is 0 Å². The maximum Gasteiger partial charge on any atom is 0.311 e. The van der Waals surface area contributed by atoms with Crippen molar-refractivity contribution >= 4 is 29.2 Å². The summed E-state index contributed by atoms with van der Waals surface area (Å²) in [5, 5.41) is 2.89. The van der Waals surface area contributed by atoms with Crippen LogP contribution in [0.4, 0.5) is 11.4 Å². The molecule has 1 atom stereocenters. The van der Waals surface area contributed by atoms with Gasteiger partial charge in [0.05, 0.1) is 5.92 Å². The average Bonchev–Trinajstić information content (AvgIpc) is 3.15. The van der Waals surface area contributed by atoms with Gasteiger partial charge < -0.3 is 15.0 Å². The molecule has 31 heavy (non-hydrogen) atoms. The highest BCUT2D eigenvalue weighted by molar-refractivity contribution is 6.00. The predicted octanol–water partition coefficient (Wildman–Crippen LogP) is 3.96. The Labute approximate surface area is 183 Å². The van der Waals surface area contributed by atoms with E-state index < -0.39 is 11.9 Å². The average molecular weight is 423 g/mol. The second kappa shape index (κ2) is 9.77. The summed E-state index contributed by atoms with van der Waals surface area (Å²) in [6.45, 7) is 7.96. The first kappa shape index (κ1) is 22.5. The van der Waals surface area contributed by atoms with Gasteiger partial charge in [-0.05, 0) is 61.1 Å². The molecule has 2 amide bonds. The summed E-state index contributed by atoms with van der Waals surface area (Å²) in [7, 11) is 0. The van der Waals surface area contributed by atoms with E-state index in [4.69, 9.17) is 4.74 Å². The summed E-state index contributed by atoms with van der Waals surface area (Å²) in [5.74, 6) is -1.58. The number of para-hydroxylation sites is 1. The largest absolute Gasteiger partial charge is 0.455 e. The van der Waals surface area contributed by atoms with E-state index in [-0.39, 0.29) is 31.4 Å². The number of anilines is 2. The minimum Gasteiger partial charge on any atom is -0.455 e. The number of esters is 1. The van der Waals surface area contributed by atoms with Gasteiger partial charge in [-0.1, -0.05) is 38.1 Å². The van der Waals surface area contributed by atoms with Crippen molar-refractivity contribution in [1.29, 1.82) is 0 Å². The lowest BCUT2D eigenvalue weighted by Crippen LogP contribution is -2.28. The highest BCUT2D eigenvalue weighted by Gasteiger charge is 2.36. The third kappa shape index (κ3) is 5.13. The Morgan fingerprint density at radius 2 is 1.74 bits per heavy atom. The number of aryl methyl sites for hydroxylation is 4. The zero-order chi connectivity index (χ0) is 22.5. The number of hydrogen-bond donors (Lipinski definition) is 1. The number of carbonyl (C=O) groups is 3. The van der Waals surface area contributed by atoms with Crippen molar-refractivity contribution in [2.24, 2.45) is 5.92 Å². The predicted molar refractivity (Wildman–Crippen MR) is 121 cm³/mol. The van der Waals surface area contributed by atoms with E-state index in [0.29, 0.717) is 0 Å². The first-order valence-corrected chi connectivity index (χ1v) is 10.8. The standard InChI is InChI=1S/C25H30N2O4/c1-5-18-8-7-9-19(6-2)24(18)26-22(28)15-31-25(30)20-13-23(29)27(14-20)21-11-10-16(3)17(4)12-21/h7-12,20H,5-6,13-15H2,1-4H3,(H,26,28)/t20-/m0/s1. The van der Waals surface area contributed by atoms with Crippen LogP contribution in [-0.2, 0) is 32.0 Å². The number of carbonyl (C=O) groups excluding carboxylic acids is 3. The molecule has 0 bridgehead atoms. The van der Waals surface area contributed by atoms with Crippen LogP contribution in [0.25, 0.3) is 0 Å². The minimum absolute atomic E-state index is 0.0893. The van der Waals surface area contributed by atoms with Gasteiger partial charge in [-0.2, -0.15) is 0 Å². The second-order valence-corrected chi connectivity index (χ2v) is 7.99. The van der Waals surface area contributed by atoms with E-state index >= 15 is 0 Å². The highest BCUT2D eigenvalue weighted by atomic mass is 16.5. The maximum absolute atomic E-state index is 12.5. The Morgan fingerprint density at radius 1 is 1.06 bits per heavy atom. The number of benzene rings is 2. The number of nitrogens with one attached hydrogen (secondary N) is 1. The van der Waals surface area contributed by atoms with Crippen LogP contribution in [0.3, 0.4) is 0 Å². The molecule has 3 rings (SSSR count). The lowest BCUT2D eigenvalue weighted by Gasteiger charge is -2.18. The van der Waals surface area contributed by atoms with Crippen molar-refractivity contribution in [3.05, 3.63) is 58.7 Å². The van der Waals surface area contributed by atoms with Crippen molar-refractivity contribution < 1.29 is 19.1 Å². The molecule has 1 saturated heterocycles. The topological polar surface area (TPSA) is 75.7 Å². The molecule has 0 spiro atoms. The van der Waals surface area contributed by atoms with Gasteiger partial charge in [0, 0.05) is 24.3 Å². The molecule has 0 aliphatic carbocycles. The molecule has 2 aromatic carbocycles. The van der Waals surface area contributed by atoms with Gasteiger partial charge in [0.2, 0.25) is 5.91 Å². The fourth-order valence-electron chi connectivity index (χ4n) is 3.84. The van der Waals surface area contributed by atoms with E-state index in [2.05, 4.69) is 5.32 Å². The van der Waals surface area contributed by atoms with Crippen molar-refractivity contribution in [2.75, 3.05) is 23.4 Å². The molecular weight excluding hydrogens is 392 g/mol. The van der Waals surface area contributed by atoms with E-state index in [1.165, 1.54) is 0 Å². The molecule has 164 valence electrons. The van der Waals surface area contributed by atoms with E-state index in [1.807, 2.05) is 64.1 Å². The SMILES string of the molecule is CCc1cccc(CC)c1NC(=O)COC(=O)[C@H]1CC(=O)N(c2ccc(C)c(C)c2)C1. The zero-order valence-corrected chi connectivity index (χ0v) is 18.7. The van der Waals surface area contributed by atoms with Gasteiger partial charge in [-0.25, -0.2) is 0 Å². The Bertz CT molecular complexity index is 977. The smallest absolute Gasteiger partial charge is 0.311 e. The summed E-state index contributed by atoms with van der Waals surface area (Å²) >= 11 is 0. The molecule has 1 fully saturated rings. The van der Waals surface area contributed by atoms with Crippen LogP contribution >= 0.6 is 0 Å². The van der Waals surface area contributed by atoms with Gasteiger partial charge in [0.1, 0.15) is 0 Å². The molecule has 1 aliphatic heterocycles. The quantitative estimate of drug-likeness (QED) is 0.685. The van der Waals surface area contributed by atoms with Crippen molar-refractivity contribution in [1.82, 2.24) is 0 Å². The molecule has 1 heterocycles. The lowest BCUT2D eigenvalue weighted by molar-refractivity contribution is -0.151. The number of amides is 2. The van der Waals surface area contributed by atoms with Gasteiger partial charge in [-0.15, -0.1) is 0 Å². The number of hydrogen-bond acceptors (Lipinski definition) is 4. The molecule has 1 N–H and O–H groups in total. The van der Waals surface area contributed by atoms with E-state index in [1.54, 1.807) is 4.90 Å². The summed E-state index contributed by atoms with van der Waals surface area (Å²) in [5.41, 5.74) is 5.91. The fraction of sp³-hybridized carbons (Fsp3) is 0.400. The lowest BCUT2D eigenvalue weighted by atomic mass is 10.0. The summed E-state index contributed by atoms with van der Waals surface area (Å²) in [6, 6.07) is 11.7. The highest BCUT2D eigenvalue weighted by Crippen LogP contribution is 2.27. The Balaban J connectivity index is 1.58. The van der Waals surface area contributed by atoms with Crippen LogP contribution in [-0.4, -0.2) is 30.9 Å². The first-order chi connectivity index (χ1) is 14.8. The summed E-state index contributed by atoms with van der Waals surface area (Å²) in [4.78, 5) is 39.0. The summed E-state index contributed by atoms with van der Waals surface area (Å²) < 4.78 is 5.25. The van der Waals surface area contributed by atoms with Crippen LogP contribution in [0, 0.1) is 19.8 Å². The molecule has 0 aromatic heterocycles. The molecule has 1 aliphatic rings. The zero-order valence-electron chi connectivity index (χ0n) is 18.7. The van der Waals surface area contributed by atoms with E-state index in [0.717, 1.165) is 46.5 Å². The summed E-state index contributed by atoms with van der Waals surface area (Å²) in [6.07, 6.45) is 1.68. The monoisotopic (exact) mass is 422 g/mol. The number of nitrogens with zero attached hydrogens (tertiary/aromatic N) is 1. The second-order valence-electron chi connectivity index (χ2n) is 7.99. The van der Waals surface area contributed by atoms with Crippen molar-refractivity contribution in [2.45, 2.75) is 47.0 Å². The number of ether oxygens (including phenoxy) is 1. The van der Waals surface area contributed by atoms with E-state index in [9.17, 15) is 14.4 Å². The third-order valence-corrected chi connectivity index (χ3v) is 5.87. The van der Waals surface area contributed by atoms with Crippen LogP contribution < -0.4 is 10.2 Å². The molecule has 2 aromatic rings. The van der Waals surface area contributed by atoms with Crippen LogP contribution in [0.5, 0.6) is 0 Å². The molecule has 0 radical (unpaired) electrons. The van der Waals surface area contributed by atoms with Crippen LogP contribution in [0.15, 0.2) is 36.4 Å². The van der Waals surface area contributed by atoms with Gasteiger partial charge in [0.15, 0.2) is 6.61 Å². The molecule has 6 heteroatoms. The maximum atomic E-state index is 12.5. The van der Waals surface area contributed by atoms with Crippen molar-refractivity contribution in [3.8, 4) is 0 Å². The Kier molecular flexibility index (Phi) is 7.10. The molecule has 0 unspecified atom stereocenters. The third-order valence-electron chi connectivity index (χ3n) is 5.87. The Hall–Kier alpha value is -3.15. The molecule has 6 nitrogen and oxygen atoms in total. The van der Waals surface area contributed by atoms with Gasteiger partial charge in [0.25, 0.3) is 5.91 Å². The Morgan fingerprint density at radius 3 is 2.35 bits per heavy atom. The van der Waals surface area contributed by atoms with Gasteiger partial charge in [-0.3, -0.25) is 14.4 Å². The normalized spacial score (nSPS) is 15.8. The van der Waals surface area contributed by atoms with Crippen molar-refractivity contribution in [3.63, 3.8) is 0 Å². The molecular formula is C25H30N2O4.